The number of carbonyl (C=O) groups excluding carboxylic acids is 1. The van der Waals surface area contributed by atoms with Crippen molar-refractivity contribution in [2.75, 3.05) is 7.11 Å². The van der Waals surface area contributed by atoms with Crippen LogP contribution in [-0.4, -0.2) is 28.3 Å². The molecule has 0 unspecified atom stereocenters. The molecule has 0 atom stereocenters. The number of nitrogens with zero attached hydrogens (tertiary/aromatic N) is 3. The molecule has 0 aliphatic carbocycles. The summed E-state index contributed by atoms with van der Waals surface area (Å²) in [6, 6.07) is 23.9. The number of hydrogen-bond donors (Lipinski definition) is 0. The Morgan fingerprint density at radius 3 is 1.91 bits per heavy atom. The van der Waals surface area contributed by atoms with Crippen molar-refractivity contribution < 1.29 is 9.53 Å². The topological polar surface area (TPSA) is 65.0 Å². The Morgan fingerprint density at radius 2 is 1.34 bits per heavy atom. The monoisotopic (exact) mass is 441 g/mol. The van der Waals surface area contributed by atoms with Gasteiger partial charge in [0.15, 0.2) is 0 Å². The minimum Gasteiger partial charge on any atom is -0.465 e. The van der Waals surface area contributed by atoms with Gasteiger partial charge in [-0.2, -0.15) is 0 Å². The van der Waals surface area contributed by atoms with E-state index in [1.54, 1.807) is 12.1 Å². The second kappa shape index (κ2) is 9.75. The summed E-state index contributed by atoms with van der Waals surface area (Å²) < 4.78 is 4.75. The van der Waals surface area contributed by atoms with Crippen molar-refractivity contribution in [3.63, 3.8) is 0 Å². The number of hydrogen-bond acceptors (Lipinski definition) is 6. The van der Waals surface area contributed by atoms with Crippen molar-refractivity contribution in [1.29, 1.82) is 0 Å². The Labute approximate surface area is 191 Å². The molecule has 4 aromatic rings. The van der Waals surface area contributed by atoms with Crippen molar-refractivity contribution in [2.45, 2.75) is 24.8 Å². The molecule has 0 N–H and O–H groups in total. The third kappa shape index (κ3) is 5.03. The van der Waals surface area contributed by atoms with Crippen LogP contribution in [0.4, 0.5) is 0 Å². The molecule has 3 aromatic carbocycles. The minimum absolute atomic E-state index is 0.342. The Kier molecular flexibility index (Phi) is 6.61. The van der Waals surface area contributed by atoms with Gasteiger partial charge in [0.2, 0.25) is 5.16 Å². The fraction of sp³-hybridized carbons (Fsp3) is 0.154. The van der Waals surface area contributed by atoms with Crippen LogP contribution in [0.2, 0.25) is 0 Å². The zero-order valence-corrected chi connectivity index (χ0v) is 19.0. The van der Waals surface area contributed by atoms with Crippen LogP contribution in [0.1, 0.15) is 27.0 Å². The van der Waals surface area contributed by atoms with Gasteiger partial charge in [0, 0.05) is 16.9 Å². The molecule has 1 aromatic heterocycles. The number of aryl methyl sites for hydroxylation is 2. The first-order chi connectivity index (χ1) is 15.5. The molecule has 0 radical (unpaired) electrons. The van der Waals surface area contributed by atoms with Gasteiger partial charge >= 0.3 is 5.97 Å². The van der Waals surface area contributed by atoms with E-state index in [1.807, 2.05) is 24.3 Å². The average molecular weight is 442 g/mol. The van der Waals surface area contributed by atoms with E-state index in [-0.39, 0.29) is 5.97 Å². The Hall–Kier alpha value is -3.51. The molecule has 0 saturated heterocycles. The predicted molar refractivity (Wildman–Crippen MR) is 128 cm³/mol. The van der Waals surface area contributed by atoms with Gasteiger partial charge in [0.1, 0.15) is 11.4 Å². The second-order valence-electron chi connectivity index (χ2n) is 7.50. The predicted octanol–water partition coefficient (Wildman–Crippen LogP) is 5.90. The summed E-state index contributed by atoms with van der Waals surface area (Å²) in [7, 11) is 1.38. The van der Waals surface area contributed by atoms with E-state index in [4.69, 9.17) is 9.72 Å². The van der Waals surface area contributed by atoms with Gasteiger partial charge in [-0.1, -0.05) is 83.6 Å². The molecular weight excluding hydrogens is 418 g/mol. The number of methoxy groups -OCH3 is 1. The van der Waals surface area contributed by atoms with Crippen LogP contribution in [0.5, 0.6) is 0 Å². The minimum atomic E-state index is -0.342. The average Bonchev–Trinajstić information content (AvgIpc) is 2.83. The van der Waals surface area contributed by atoms with E-state index in [0.717, 1.165) is 28.1 Å². The molecule has 1 heterocycles. The molecule has 6 heteroatoms. The van der Waals surface area contributed by atoms with Crippen LogP contribution in [0.15, 0.2) is 78.0 Å². The summed E-state index contributed by atoms with van der Waals surface area (Å²) in [4.78, 5) is 16.5. The first-order valence-electron chi connectivity index (χ1n) is 10.2. The summed E-state index contributed by atoms with van der Waals surface area (Å²) in [5.41, 5.74) is 7.54. The normalized spacial score (nSPS) is 10.7. The van der Waals surface area contributed by atoms with Crippen LogP contribution in [0.3, 0.4) is 0 Å². The lowest BCUT2D eigenvalue weighted by Crippen LogP contribution is -2.01. The third-order valence-electron chi connectivity index (χ3n) is 5.06. The largest absolute Gasteiger partial charge is 0.465 e. The van der Waals surface area contributed by atoms with Gasteiger partial charge in [-0.25, -0.2) is 9.78 Å². The first-order valence-corrected chi connectivity index (χ1v) is 11.2. The molecule has 0 saturated carbocycles. The van der Waals surface area contributed by atoms with E-state index >= 15 is 0 Å². The molecule has 0 amide bonds. The molecule has 0 fully saturated rings. The number of ether oxygens (including phenoxy) is 1. The van der Waals surface area contributed by atoms with Crippen molar-refractivity contribution >= 4 is 17.7 Å². The van der Waals surface area contributed by atoms with Crippen molar-refractivity contribution in [3.8, 4) is 22.5 Å². The van der Waals surface area contributed by atoms with Gasteiger partial charge in [0.05, 0.1) is 12.7 Å². The highest BCUT2D eigenvalue weighted by Gasteiger charge is 2.14. The zero-order chi connectivity index (χ0) is 22.5. The van der Waals surface area contributed by atoms with Gasteiger partial charge in [-0.05, 0) is 31.5 Å². The molecular formula is C26H23N3O2S. The molecule has 160 valence electrons. The molecule has 5 nitrogen and oxygen atoms in total. The second-order valence-corrected chi connectivity index (χ2v) is 8.44. The fourth-order valence-corrected chi connectivity index (χ4v) is 3.94. The number of benzene rings is 3. The van der Waals surface area contributed by atoms with Crippen LogP contribution in [0.25, 0.3) is 22.5 Å². The maximum atomic E-state index is 11.6. The molecule has 0 aliphatic heterocycles. The van der Waals surface area contributed by atoms with Crippen LogP contribution < -0.4 is 0 Å². The van der Waals surface area contributed by atoms with E-state index in [9.17, 15) is 4.79 Å². The Bertz CT molecular complexity index is 1220. The summed E-state index contributed by atoms with van der Waals surface area (Å²) in [5.74, 6) is 0.326. The van der Waals surface area contributed by atoms with Gasteiger partial charge in [0.25, 0.3) is 0 Å². The highest BCUT2D eigenvalue weighted by molar-refractivity contribution is 7.98. The van der Waals surface area contributed by atoms with Crippen molar-refractivity contribution in [1.82, 2.24) is 15.2 Å². The summed E-state index contributed by atoms with van der Waals surface area (Å²) in [6.45, 7) is 4.13. The fourth-order valence-electron chi connectivity index (χ4n) is 3.19. The number of thioether (sulfide) groups is 1. The molecule has 0 spiro atoms. The summed E-state index contributed by atoms with van der Waals surface area (Å²) in [5, 5.41) is 9.53. The standard InChI is InChI=1S/C26H23N3O2S/c1-17-4-10-20(11-5-17)23-24(21-12-6-18(2)7-13-21)28-29-26(27-23)32-16-19-8-14-22(15-9-19)25(30)31-3/h4-15H,16H2,1-3H3. The van der Waals surface area contributed by atoms with Crippen molar-refractivity contribution in [2.24, 2.45) is 0 Å². The smallest absolute Gasteiger partial charge is 0.337 e. The first kappa shape index (κ1) is 21.7. The molecule has 0 aliphatic rings. The third-order valence-corrected chi connectivity index (χ3v) is 5.97. The SMILES string of the molecule is COC(=O)c1ccc(CSc2nnc(-c3ccc(C)cc3)c(-c3ccc(C)cc3)n2)cc1. The van der Waals surface area contributed by atoms with E-state index < -0.39 is 0 Å². The van der Waals surface area contributed by atoms with Crippen LogP contribution in [0, 0.1) is 13.8 Å². The highest BCUT2D eigenvalue weighted by Crippen LogP contribution is 2.31. The number of aromatic nitrogens is 3. The Balaban J connectivity index is 1.62. The number of carbonyl (C=O) groups is 1. The lowest BCUT2D eigenvalue weighted by Gasteiger charge is -2.10. The number of rotatable bonds is 6. The maximum Gasteiger partial charge on any atom is 0.337 e. The molecule has 32 heavy (non-hydrogen) atoms. The quantitative estimate of drug-likeness (QED) is 0.274. The van der Waals surface area contributed by atoms with Gasteiger partial charge in [-0.15, -0.1) is 10.2 Å². The highest BCUT2D eigenvalue weighted by atomic mass is 32.2. The van der Waals surface area contributed by atoms with E-state index in [0.29, 0.717) is 16.5 Å². The maximum absolute atomic E-state index is 11.6. The lowest BCUT2D eigenvalue weighted by molar-refractivity contribution is 0.0600. The molecule has 0 bridgehead atoms. The molecule has 4 rings (SSSR count). The lowest BCUT2D eigenvalue weighted by atomic mass is 10.0. The van der Waals surface area contributed by atoms with Gasteiger partial charge < -0.3 is 4.74 Å². The van der Waals surface area contributed by atoms with E-state index in [2.05, 4.69) is 60.4 Å². The summed E-state index contributed by atoms with van der Waals surface area (Å²) >= 11 is 1.51. The Morgan fingerprint density at radius 1 is 0.781 bits per heavy atom. The van der Waals surface area contributed by atoms with Crippen molar-refractivity contribution in [3.05, 3.63) is 95.1 Å². The van der Waals surface area contributed by atoms with E-state index in [1.165, 1.54) is 30.0 Å². The van der Waals surface area contributed by atoms with Gasteiger partial charge in [-0.3, -0.25) is 0 Å². The summed E-state index contributed by atoms with van der Waals surface area (Å²) in [6.07, 6.45) is 0. The number of esters is 1. The zero-order valence-electron chi connectivity index (χ0n) is 18.2. The van der Waals surface area contributed by atoms with Crippen LogP contribution in [-0.2, 0) is 10.5 Å². The van der Waals surface area contributed by atoms with Crippen LogP contribution >= 0.6 is 11.8 Å².